The Balaban J connectivity index is 2.07. The molecule has 0 radical (unpaired) electrons. The predicted octanol–water partition coefficient (Wildman–Crippen LogP) is 0.892. The van der Waals surface area contributed by atoms with Crippen LogP contribution in [0, 0.1) is 0 Å². The van der Waals surface area contributed by atoms with Gasteiger partial charge in [-0.05, 0) is 29.0 Å². The third-order valence-electron chi connectivity index (χ3n) is 3.23. The molecule has 1 aliphatic rings. The Morgan fingerprint density at radius 2 is 2.37 bits per heavy atom. The molecule has 7 heteroatoms. The molecule has 1 fully saturated rings. The summed E-state index contributed by atoms with van der Waals surface area (Å²) in [6.45, 7) is 1.36. The van der Waals surface area contributed by atoms with Gasteiger partial charge in [-0.1, -0.05) is 6.07 Å². The molecular weight excluding hydrogens is 246 g/mol. The van der Waals surface area contributed by atoms with E-state index < -0.39 is 0 Å². The number of nitrogen functional groups attached to an aromatic ring is 1. The summed E-state index contributed by atoms with van der Waals surface area (Å²) in [6, 6.07) is 5.70. The molecule has 2 heterocycles. The number of hydrogen-bond acceptors (Lipinski definition) is 6. The van der Waals surface area contributed by atoms with Gasteiger partial charge in [0.1, 0.15) is 0 Å². The number of ether oxygens (including phenoxy) is 2. The number of rotatable bonds is 3. The number of nitrogens with zero attached hydrogens (tertiary/aromatic N) is 4. The second kappa shape index (κ2) is 4.85. The van der Waals surface area contributed by atoms with Gasteiger partial charge < -0.3 is 15.2 Å². The maximum atomic E-state index is 5.91. The van der Waals surface area contributed by atoms with Gasteiger partial charge in [0.2, 0.25) is 0 Å². The zero-order chi connectivity index (χ0) is 13.2. The molecule has 0 aliphatic carbocycles. The minimum absolute atomic E-state index is 0.163. The van der Waals surface area contributed by atoms with E-state index in [4.69, 9.17) is 15.2 Å². The fourth-order valence-electron chi connectivity index (χ4n) is 2.29. The first-order valence-electron chi connectivity index (χ1n) is 6.09. The lowest BCUT2D eigenvalue weighted by Crippen LogP contribution is -2.12. The molecule has 2 aromatic rings. The normalized spacial score (nSPS) is 18.7. The molecule has 2 N–H and O–H groups in total. The van der Waals surface area contributed by atoms with Gasteiger partial charge in [0.25, 0.3) is 0 Å². The molecule has 19 heavy (non-hydrogen) atoms. The van der Waals surface area contributed by atoms with E-state index in [2.05, 4.69) is 15.5 Å². The molecule has 0 bridgehead atoms. The number of hydrogen-bond donors (Lipinski definition) is 1. The van der Waals surface area contributed by atoms with E-state index in [1.165, 1.54) is 0 Å². The van der Waals surface area contributed by atoms with Gasteiger partial charge in [-0.3, -0.25) is 0 Å². The quantitative estimate of drug-likeness (QED) is 0.825. The maximum absolute atomic E-state index is 5.91. The molecule has 1 atom stereocenters. The smallest absolute Gasteiger partial charge is 0.186 e. The number of nitrogens with two attached hydrogens (primary N) is 1. The molecule has 3 rings (SSSR count). The van der Waals surface area contributed by atoms with Crippen LogP contribution in [0.15, 0.2) is 18.2 Å². The second-order valence-electron chi connectivity index (χ2n) is 4.39. The van der Waals surface area contributed by atoms with Crippen molar-refractivity contribution in [3.05, 3.63) is 18.2 Å². The lowest BCUT2D eigenvalue weighted by Gasteiger charge is -2.13. The Morgan fingerprint density at radius 1 is 1.47 bits per heavy atom. The molecule has 0 amide bonds. The molecule has 1 aromatic heterocycles. The molecule has 0 saturated carbocycles. The molecule has 100 valence electrons. The monoisotopic (exact) mass is 261 g/mol. The highest BCUT2D eigenvalue weighted by atomic mass is 16.5. The number of anilines is 1. The van der Waals surface area contributed by atoms with E-state index in [1.54, 1.807) is 17.9 Å². The first kappa shape index (κ1) is 11.9. The van der Waals surface area contributed by atoms with E-state index in [1.807, 2.05) is 12.1 Å². The Morgan fingerprint density at radius 3 is 3.11 bits per heavy atom. The number of para-hydroxylation sites is 1. The molecule has 1 saturated heterocycles. The summed E-state index contributed by atoms with van der Waals surface area (Å²) in [5, 5.41) is 11.9. The summed E-state index contributed by atoms with van der Waals surface area (Å²) in [4.78, 5) is 0. The molecule has 1 unspecified atom stereocenters. The first-order valence-corrected chi connectivity index (χ1v) is 6.09. The third-order valence-corrected chi connectivity index (χ3v) is 3.23. The Hall–Kier alpha value is -2.15. The van der Waals surface area contributed by atoms with Crippen LogP contribution in [-0.4, -0.2) is 40.5 Å². The maximum Gasteiger partial charge on any atom is 0.186 e. The van der Waals surface area contributed by atoms with E-state index in [9.17, 15) is 0 Å². The summed E-state index contributed by atoms with van der Waals surface area (Å²) in [5.74, 6) is 1.25. The van der Waals surface area contributed by atoms with Crippen molar-refractivity contribution in [1.82, 2.24) is 20.2 Å². The third kappa shape index (κ3) is 2.01. The van der Waals surface area contributed by atoms with Crippen molar-refractivity contribution in [3.8, 4) is 17.1 Å². The summed E-state index contributed by atoms with van der Waals surface area (Å²) >= 11 is 0. The highest BCUT2D eigenvalue weighted by molar-refractivity contribution is 5.73. The Labute approximate surface area is 110 Å². The first-order chi connectivity index (χ1) is 9.31. The minimum Gasteiger partial charge on any atom is -0.494 e. The average Bonchev–Trinajstić information content (AvgIpc) is 3.09. The lowest BCUT2D eigenvalue weighted by molar-refractivity contribution is 0.184. The van der Waals surface area contributed by atoms with E-state index >= 15 is 0 Å². The van der Waals surface area contributed by atoms with Crippen LogP contribution in [0.25, 0.3) is 11.4 Å². The van der Waals surface area contributed by atoms with Crippen LogP contribution in [0.5, 0.6) is 5.75 Å². The van der Waals surface area contributed by atoms with Crippen LogP contribution in [0.2, 0.25) is 0 Å². The molecule has 7 nitrogen and oxygen atoms in total. The average molecular weight is 261 g/mol. The summed E-state index contributed by atoms with van der Waals surface area (Å²) in [7, 11) is 1.59. The summed E-state index contributed by atoms with van der Waals surface area (Å²) in [5.41, 5.74) is 7.27. The van der Waals surface area contributed by atoms with Crippen molar-refractivity contribution in [2.75, 3.05) is 26.1 Å². The zero-order valence-corrected chi connectivity index (χ0v) is 10.6. The highest BCUT2D eigenvalue weighted by Crippen LogP contribution is 2.34. The summed E-state index contributed by atoms with van der Waals surface area (Å²) in [6.07, 6.45) is 0.905. The standard InChI is InChI=1S/C12H15N5O2/c1-18-11-9(3-2-4-10(11)13)12-14-15-16-17(12)8-5-6-19-7-8/h2-4,8H,5-7,13H2,1H3. The van der Waals surface area contributed by atoms with E-state index in [-0.39, 0.29) is 6.04 Å². The van der Waals surface area contributed by atoms with Gasteiger partial charge >= 0.3 is 0 Å². The minimum atomic E-state index is 0.163. The number of tetrazole rings is 1. The molecule has 0 spiro atoms. The van der Waals surface area contributed by atoms with Crippen LogP contribution in [0.1, 0.15) is 12.5 Å². The molecule has 1 aromatic carbocycles. The van der Waals surface area contributed by atoms with Crippen LogP contribution < -0.4 is 10.5 Å². The second-order valence-corrected chi connectivity index (χ2v) is 4.39. The predicted molar refractivity (Wildman–Crippen MR) is 68.7 cm³/mol. The van der Waals surface area contributed by atoms with Crippen molar-refractivity contribution in [1.29, 1.82) is 0 Å². The molecular formula is C12H15N5O2. The van der Waals surface area contributed by atoms with Crippen LogP contribution in [0.3, 0.4) is 0 Å². The topological polar surface area (TPSA) is 88.1 Å². The highest BCUT2D eigenvalue weighted by Gasteiger charge is 2.24. The Bertz CT molecular complexity index is 577. The van der Waals surface area contributed by atoms with Crippen molar-refractivity contribution in [2.24, 2.45) is 0 Å². The van der Waals surface area contributed by atoms with E-state index in [0.29, 0.717) is 23.9 Å². The largest absolute Gasteiger partial charge is 0.494 e. The molecule has 1 aliphatic heterocycles. The van der Waals surface area contributed by atoms with Gasteiger partial charge in [0.15, 0.2) is 11.6 Å². The van der Waals surface area contributed by atoms with Crippen molar-refractivity contribution in [3.63, 3.8) is 0 Å². The fourth-order valence-corrected chi connectivity index (χ4v) is 2.29. The van der Waals surface area contributed by atoms with Gasteiger partial charge in [-0.15, -0.1) is 5.10 Å². The van der Waals surface area contributed by atoms with Crippen molar-refractivity contribution < 1.29 is 9.47 Å². The van der Waals surface area contributed by atoms with E-state index in [0.717, 1.165) is 18.6 Å². The van der Waals surface area contributed by atoms with Crippen LogP contribution in [-0.2, 0) is 4.74 Å². The SMILES string of the molecule is COc1c(N)cccc1-c1nnnn1C1CCOC1. The number of methoxy groups -OCH3 is 1. The van der Waals surface area contributed by atoms with Gasteiger partial charge in [-0.2, -0.15) is 0 Å². The zero-order valence-electron chi connectivity index (χ0n) is 10.6. The van der Waals surface area contributed by atoms with Crippen molar-refractivity contribution >= 4 is 5.69 Å². The number of aromatic nitrogens is 4. The van der Waals surface area contributed by atoms with Gasteiger partial charge in [0, 0.05) is 6.61 Å². The van der Waals surface area contributed by atoms with Gasteiger partial charge in [0.05, 0.1) is 31.0 Å². The summed E-state index contributed by atoms with van der Waals surface area (Å²) < 4.78 is 12.5. The van der Waals surface area contributed by atoms with Crippen molar-refractivity contribution in [2.45, 2.75) is 12.5 Å². The van der Waals surface area contributed by atoms with Crippen LogP contribution in [0.4, 0.5) is 5.69 Å². The number of benzene rings is 1. The Kier molecular flexibility index (Phi) is 3.04. The lowest BCUT2D eigenvalue weighted by atomic mass is 10.1. The van der Waals surface area contributed by atoms with Gasteiger partial charge in [-0.25, -0.2) is 4.68 Å². The fraction of sp³-hybridized carbons (Fsp3) is 0.417. The van der Waals surface area contributed by atoms with Crippen LogP contribution >= 0.6 is 0 Å².